The molecule has 0 bridgehead atoms. The lowest BCUT2D eigenvalue weighted by atomic mass is 10.1. The first-order chi connectivity index (χ1) is 8.65. The summed E-state index contributed by atoms with van der Waals surface area (Å²) in [4.78, 5) is 0.0951. The Morgan fingerprint density at radius 1 is 0.944 bits per heavy atom. The van der Waals surface area contributed by atoms with Gasteiger partial charge in [0.2, 0.25) is 0 Å². The Morgan fingerprint density at radius 3 is 2.22 bits per heavy atom. The highest BCUT2D eigenvalue weighted by Gasteiger charge is 2.17. The molecule has 0 unspecified atom stereocenters. The number of rotatable bonds is 3. The van der Waals surface area contributed by atoms with Crippen LogP contribution in [0.15, 0.2) is 59.5 Å². The van der Waals surface area contributed by atoms with Gasteiger partial charge in [-0.05, 0) is 11.6 Å². The minimum Gasteiger partial charge on any atom is -0.215 e. The van der Waals surface area contributed by atoms with Crippen LogP contribution in [0.3, 0.4) is 0 Å². The molecule has 0 spiro atoms. The first kappa shape index (κ1) is 12.1. The van der Waals surface area contributed by atoms with E-state index in [-0.39, 0.29) is 4.90 Å². The molecule has 0 saturated carbocycles. The average Bonchev–Trinajstić information content (AvgIpc) is 2.40. The maximum absolute atomic E-state index is 11.9. The van der Waals surface area contributed by atoms with E-state index in [1.807, 2.05) is 35.1 Å². The fraction of sp³-hybridized carbons (Fsp3) is 0. The number of nitrogens with zero attached hydrogens (tertiary/aromatic N) is 1. The van der Waals surface area contributed by atoms with Crippen LogP contribution in [0.25, 0.3) is 11.1 Å². The van der Waals surface area contributed by atoms with E-state index in [0.717, 1.165) is 5.56 Å². The third kappa shape index (κ3) is 2.34. The molecule has 90 valence electrons. The van der Waals surface area contributed by atoms with Gasteiger partial charge in [0.1, 0.15) is 0 Å². The van der Waals surface area contributed by atoms with Gasteiger partial charge in [0.25, 0.3) is 10.0 Å². The zero-order valence-electron chi connectivity index (χ0n) is 9.37. The molecule has 2 rings (SSSR count). The molecule has 2 aromatic rings. The lowest BCUT2D eigenvalue weighted by Crippen LogP contribution is -2.18. The van der Waals surface area contributed by atoms with Gasteiger partial charge in [-0.2, -0.15) is 5.26 Å². The lowest BCUT2D eigenvalue weighted by molar-refractivity contribution is 0.591. The monoisotopic (exact) mass is 258 g/mol. The van der Waals surface area contributed by atoms with Gasteiger partial charge in [-0.1, -0.05) is 48.5 Å². The van der Waals surface area contributed by atoms with Crippen LogP contribution in [0.2, 0.25) is 0 Å². The largest absolute Gasteiger partial charge is 0.270 e. The Balaban J connectivity index is 2.62. The predicted molar refractivity (Wildman–Crippen MR) is 67.8 cm³/mol. The van der Waals surface area contributed by atoms with Gasteiger partial charge in [0.05, 0.1) is 4.90 Å². The molecule has 0 aliphatic heterocycles. The molecule has 0 aromatic heterocycles. The van der Waals surface area contributed by atoms with E-state index in [0.29, 0.717) is 5.56 Å². The third-order valence-electron chi connectivity index (χ3n) is 2.44. The molecule has 0 atom stereocenters. The maximum atomic E-state index is 11.9. The van der Waals surface area contributed by atoms with E-state index in [2.05, 4.69) is 0 Å². The Hall–Kier alpha value is -2.32. The summed E-state index contributed by atoms with van der Waals surface area (Å²) in [7, 11) is -3.80. The SMILES string of the molecule is N#CNS(=O)(=O)c1ccccc1-c1ccccc1. The van der Waals surface area contributed by atoms with E-state index < -0.39 is 10.0 Å². The number of nitriles is 1. The fourth-order valence-electron chi connectivity index (χ4n) is 1.67. The minimum absolute atomic E-state index is 0.0951. The fourth-order valence-corrected chi connectivity index (χ4v) is 2.64. The van der Waals surface area contributed by atoms with Gasteiger partial charge in [0, 0.05) is 5.56 Å². The summed E-state index contributed by atoms with van der Waals surface area (Å²) < 4.78 is 25.6. The highest BCUT2D eigenvalue weighted by atomic mass is 32.2. The van der Waals surface area contributed by atoms with Crippen LogP contribution in [0, 0.1) is 11.5 Å². The molecule has 1 N–H and O–H groups in total. The zero-order valence-corrected chi connectivity index (χ0v) is 10.2. The van der Waals surface area contributed by atoms with Gasteiger partial charge in [0.15, 0.2) is 6.19 Å². The van der Waals surface area contributed by atoms with Crippen LogP contribution in [-0.4, -0.2) is 8.42 Å². The second-order valence-electron chi connectivity index (χ2n) is 3.58. The van der Waals surface area contributed by atoms with Crippen molar-refractivity contribution in [1.82, 2.24) is 4.72 Å². The molecule has 0 amide bonds. The van der Waals surface area contributed by atoms with Crippen molar-refractivity contribution < 1.29 is 8.42 Å². The quantitative estimate of drug-likeness (QED) is 0.677. The summed E-state index contributed by atoms with van der Waals surface area (Å²) in [6.45, 7) is 0. The number of hydrogen-bond acceptors (Lipinski definition) is 3. The minimum atomic E-state index is -3.80. The number of benzene rings is 2. The van der Waals surface area contributed by atoms with Crippen LogP contribution < -0.4 is 4.72 Å². The summed E-state index contributed by atoms with van der Waals surface area (Å²) in [5, 5.41) is 8.48. The summed E-state index contributed by atoms with van der Waals surface area (Å²) >= 11 is 0. The van der Waals surface area contributed by atoms with Gasteiger partial charge in [-0.3, -0.25) is 0 Å². The normalized spacial score (nSPS) is 10.6. The van der Waals surface area contributed by atoms with Crippen LogP contribution in [0.4, 0.5) is 0 Å². The predicted octanol–water partition coefficient (Wildman–Crippen LogP) is 2.11. The van der Waals surface area contributed by atoms with Gasteiger partial charge in [-0.25, -0.2) is 13.1 Å². The van der Waals surface area contributed by atoms with Crippen LogP contribution >= 0.6 is 0 Å². The average molecular weight is 258 g/mol. The van der Waals surface area contributed by atoms with E-state index in [1.165, 1.54) is 12.3 Å². The third-order valence-corrected chi connectivity index (χ3v) is 3.74. The molecular weight excluding hydrogens is 248 g/mol. The molecule has 0 radical (unpaired) electrons. The van der Waals surface area contributed by atoms with E-state index in [4.69, 9.17) is 5.26 Å². The lowest BCUT2D eigenvalue weighted by Gasteiger charge is -2.08. The number of sulfonamides is 1. The maximum Gasteiger partial charge on any atom is 0.270 e. The highest BCUT2D eigenvalue weighted by Crippen LogP contribution is 2.26. The molecule has 2 aromatic carbocycles. The first-order valence-corrected chi connectivity index (χ1v) is 6.69. The van der Waals surface area contributed by atoms with Crippen molar-refractivity contribution in [2.75, 3.05) is 0 Å². The smallest absolute Gasteiger partial charge is 0.215 e. The summed E-state index contributed by atoms with van der Waals surface area (Å²) in [6.07, 6.45) is 1.45. The Bertz CT molecular complexity index is 688. The second kappa shape index (κ2) is 4.90. The van der Waals surface area contributed by atoms with Crippen molar-refractivity contribution >= 4 is 10.0 Å². The van der Waals surface area contributed by atoms with Crippen molar-refractivity contribution in [3.05, 3.63) is 54.6 Å². The van der Waals surface area contributed by atoms with Crippen molar-refractivity contribution in [2.45, 2.75) is 4.90 Å². The van der Waals surface area contributed by atoms with Crippen molar-refractivity contribution in [2.24, 2.45) is 0 Å². The van der Waals surface area contributed by atoms with Crippen molar-refractivity contribution in [3.8, 4) is 17.3 Å². The molecule has 0 fully saturated rings. The first-order valence-electron chi connectivity index (χ1n) is 5.20. The van der Waals surface area contributed by atoms with Crippen molar-refractivity contribution in [1.29, 1.82) is 5.26 Å². The van der Waals surface area contributed by atoms with E-state index in [1.54, 1.807) is 18.2 Å². The number of nitrogens with one attached hydrogen (secondary N) is 1. The van der Waals surface area contributed by atoms with Gasteiger partial charge >= 0.3 is 0 Å². The molecule has 4 nitrogen and oxygen atoms in total. The van der Waals surface area contributed by atoms with Crippen molar-refractivity contribution in [3.63, 3.8) is 0 Å². The Morgan fingerprint density at radius 2 is 1.56 bits per heavy atom. The summed E-state index contributed by atoms with van der Waals surface area (Å²) in [5.41, 5.74) is 1.36. The molecule has 0 aliphatic carbocycles. The van der Waals surface area contributed by atoms with Gasteiger partial charge < -0.3 is 0 Å². The molecule has 0 aliphatic rings. The van der Waals surface area contributed by atoms with Crippen LogP contribution in [0.5, 0.6) is 0 Å². The molecule has 18 heavy (non-hydrogen) atoms. The van der Waals surface area contributed by atoms with Crippen LogP contribution in [0.1, 0.15) is 0 Å². The van der Waals surface area contributed by atoms with Crippen LogP contribution in [-0.2, 0) is 10.0 Å². The van der Waals surface area contributed by atoms with Gasteiger partial charge in [-0.15, -0.1) is 0 Å². The summed E-state index contributed by atoms with van der Waals surface area (Å²) in [5.74, 6) is 0. The molecule has 0 heterocycles. The Labute approximate surface area is 106 Å². The molecule has 0 saturated heterocycles. The van der Waals surface area contributed by atoms with E-state index in [9.17, 15) is 8.42 Å². The molecule has 5 heteroatoms. The highest BCUT2D eigenvalue weighted by molar-refractivity contribution is 7.89. The topological polar surface area (TPSA) is 70.0 Å². The standard InChI is InChI=1S/C13H10N2O2S/c14-10-15-18(16,17)13-9-5-4-8-12(13)11-6-2-1-3-7-11/h1-9,15H. The Kier molecular flexibility index (Phi) is 3.31. The second-order valence-corrected chi connectivity index (χ2v) is 5.23. The molecular formula is C13H10N2O2S. The number of hydrogen-bond donors (Lipinski definition) is 1. The summed E-state index contributed by atoms with van der Waals surface area (Å²) in [6, 6.07) is 15.7. The zero-order chi connectivity index (χ0) is 13.0. The van der Waals surface area contributed by atoms with E-state index >= 15 is 0 Å².